The Kier molecular flexibility index (Phi) is 3.36. The lowest BCUT2D eigenvalue weighted by Crippen LogP contribution is -2.39. The van der Waals surface area contributed by atoms with Crippen molar-refractivity contribution in [3.63, 3.8) is 0 Å². The molecule has 16 heavy (non-hydrogen) atoms. The van der Waals surface area contributed by atoms with E-state index in [0.29, 0.717) is 5.92 Å². The zero-order chi connectivity index (χ0) is 11.8. The molecule has 88 valence electrons. The first kappa shape index (κ1) is 12.1. The molecule has 1 fully saturated rings. The van der Waals surface area contributed by atoms with Gasteiger partial charge in [-0.1, -0.05) is 28.9 Å². The summed E-state index contributed by atoms with van der Waals surface area (Å²) in [5.74, 6) is 0.505. The Labute approximate surface area is 104 Å². The van der Waals surface area contributed by atoms with Gasteiger partial charge in [0.25, 0.3) is 0 Å². The van der Waals surface area contributed by atoms with Crippen LogP contribution >= 0.6 is 15.9 Å². The van der Waals surface area contributed by atoms with Gasteiger partial charge in [-0.15, -0.1) is 0 Å². The van der Waals surface area contributed by atoms with Gasteiger partial charge in [-0.2, -0.15) is 0 Å². The molecule has 1 saturated carbocycles. The maximum atomic E-state index is 13.0. The quantitative estimate of drug-likeness (QED) is 0.882. The van der Waals surface area contributed by atoms with Crippen molar-refractivity contribution < 1.29 is 4.39 Å². The SMILES string of the molecule is CC1CCC(N)(Cc2ccc(F)cc2Br)C1. The lowest BCUT2D eigenvalue weighted by atomic mass is 9.89. The smallest absolute Gasteiger partial charge is 0.124 e. The molecule has 0 heterocycles. The molecule has 2 unspecified atom stereocenters. The van der Waals surface area contributed by atoms with Gasteiger partial charge in [0.15, 0.2) is 0 Å². The van der Waals surface area contributed by atoms with E-state index in [1.54, 1.807) is 0 Å². The minimum atomic E-state index is -0.207. The third-order valence-corrected chi connectivity index (χ3v) is 4.19. The van der Waals surface area contributed by atoms with Gasteiger partial charge >= 0.3 is 0 Å². The minimum Gasteiger partial charge on any atom is -0.325 e. The van der Waals surface area contributed by atoms with Gasteiger partial charge in [0, 0.05) is 10.0 Å². The topological polar surface area (TPSA) is 26.0 Å². The molecule has 2 rings (SSSR count). The van der Waals surface area contributed by atoms with Crippen LogP contribution in [0.5, 0.6) is 0 Å². The van der Waals surface area contributed by atoms with Crippen molar-refractivity contribution in [2.45, 2.75) is 38.1 Å². The average molecular weight is 286 g/mol. The molecule has 0 bridgehead atoms. The number of benzene rings is 1. The van der Waals surface area contributed by atoms with E-state index < -0.39 is 0 Å². The van der Waals surface area contributed by atoms with Crippen LogP contribution in [0, 0.1) is 11.7 Å². The lowest BCUT2D eigenvalue weighted by molar-refractivity contribution is 0.418. The van der Waals surface area contributed by atoms with Crippen LogP contribution in [0.4, 0.5) is 4.39 Å². The highest BCUT2D eigenvalue weighted by molar-refractivity contribution is 9.10. The van der Waals surface area contributed by atoms with Crippen molar-refractivity contribution in [1.29, 1.82) is 0 Å². The molecule has 0 aliphatic heterocycles. The van der Waals surface area contributed by atoms with Crippen LogP contribution < -0.4 is 5.73 Å². The second-order valence-corrected chi connectivity index (χ2v) is 5.98. The predicted octanol–water partition coefficient (Wildman–Crippen LogP) is 3.65. The highest BCUT2D eigenvalue weighted by Gasteiger charge is 2.33. The van der Waals surface area contributed by atoms with E-state index in [1.165, 1.54) is 18.6 Å². The number of halogens is 2. The molecule has 1 aliphatic rings. The third kappa shape index (κ3) is 2.64. The fourth-order valence-corrected chi connectivity index (χ4v) is 3.13. The summed E-state index contributed by atoms with van der Waals surface area (Å²) in [6.07, 6.45) is 4.17. The third-order valence-electron chi connectivity index (χ3n) is 3.45. The molecule has 0 radical (unpaired) electrons. The Morgan fingerprint density at radius 2 is 2.31 bits per heavy atom. The summed E-state index contributed by atoms with van der Waals surface area (Å²) >= 11 is 3.40. The summed E-state index contributed by atoms with van der Waals surface area (Å²) in [7, 11) is 0. The summed E-state index contributed by atoms with van der Waals surface area (Å²) in [5, 5.41) is 0. The summed E-state index contributed by atoms with van der Waals surface area (Å²) < 4.78 is 13.8. The van der Waals surface area contributed by atoms with Gasteiger partial charge in [-0.05, 0) is 49.3 Å². The molecule has 0 saturated heterocycles. The molecule has 1 aromatic rings. The van der Waals surface area contributed by atoms with E-state index in [0.717, 1.165) is 29.3 Å². The second kappa shape index (κ2) is 4.46. The molecule has 1 aromatic carbocycles. The molecular weight excluding hydrogens is 269 g/mol. The first-order valence-corrected chi connectivity index (χ1v) is 6.51. The van der Waals surface area contributed by atoms with Gasteiger partial charge in [-0.3, -0.25) is 0 Å². The Morgan fingerprint density at radius 1 is 1.56 bits per heavy atom. The zero-order valence-electron chi connectivity index (χ0n) is 9.47. The summed E-state index contributed by atoms with van der Waals surface area (Å²) in [6.45, 7) is 2.24. The molecular formula is C13H17BrFN. The maximum absolute atomic E-state index is 13.0. The minimum absolute atomic E-state index is 0.0975. The molecule has 0 amide bonds. The number of hydrogen-bond donors (Lipinski definition) is 1. The summed E-state index contributed by atoms with van der Waals surface area (Å²) in [4.78, 5) is 0. The van der Waals surface area contributed by atoms with Crippen molar-refractivity contribution in [2.75, 3.05) is 0 Å². The van der Waals surface area contributed by atoms with E-state index >= 15 is 0 Å². The van der Waals surface area contributed by atoms with Crippen LogP contribution in [0.25, 0.3) is 0 Å². The molecule has 2 N–H and O–H groups in total. The highest BCUT2D eigenvalue weighted by atomic mass is 79.9. The van der Waals surface area contributed by atoms with E-state index in [9.17, 15) is 4.39 Å². The highest BCUT2D eigenvalue weighted by Crippen LogP contribution is 2.36. The fraction of sp³-hybridized carbons (Fsp3) is 0.538. The predicted molar refractivity (Wildman–Crippen MR) is 67.7 cm³/mol. The summed E-state index contributed by atoms with van der Waals surface area (Å²) in [6, 6.07) is 4.84. The second-order valence-electron chi connectivity index (χ2n) is 5.12. The van der Waals surface area contributed by atoms with E-state index in [-0.39, 0.29) is 11.4 Å². The average Bonchev–Trinajstić information content (AvgIpc) is 2.52. The largest absolute Gasteiger partial charge is 0.325 e. The van der Waals surface area contributed by atoms with Crippen LogP contribution in [-0.4, -0.2) is 5.54 Å². The van der Waals surface area contributed by atoms with Crippen LogP contribution in [-0.2, 0) is 6.42 Å². The van der Waals surface area contributed by atoms with E-state index in [4.69, 9.17) is 5.73 Å². The molecule has 0 aromatic heterocycles. The van der Waals surface area contributed by atoms with Gasteiger partial charge in [0.1, 0.15) is 5.82 Å². The Morgan fingerprint density at radius 3 is 2.88 bits per heavy atom. The molecule has 1 nitrogen and oxygen atoms in total. The van der Waals surface area contributed by atoms with Crippen molar-refractivity contribution >= 4 is 15.9 Å². The normalized spacial score (nSPS) is 29.6. The lowest BCUT2D eigenvalue weighted by Gasteiger charge is -2.24. The van der Waals surface area contributed by atoms with Crippen molar-refractivity contribution in [2.24, 2.45) is 11.7 Å². The first-order valence-electron chi connectivity index (χ1n) is 5.71. The monoisotopic (exact) mass is 285 g/mol. The first-order chi connectivity index (χ1) is 7.48. The maximum Gasteiger partial charge on any atom is 0.124 e. The van der Waals surface area contributed by atoms with Crippen molar-refractivity contribution in [3.8, 4) is 0 Å². The van der Waals surface area contributed by atoms with Crippen LogP contribution in [0.2, 0.25) is 0 Å². The zero-order valence-corrected chi connectivity index (χ0v) is 11.1. The molecule has 2 atom stereocenters. The Balaban J connectivity index is 2.14. The van der Waals surface area contributed by atoms with Crippen LogP contribution in [0.3, 0.4) is 0 Å². The van der Waals surface area contributed by atoms with Gasteiger partial charge in [0.05, 0.1) is 0 Å². The van der Waals surface area contributed by atoms with Crippen molar-refractivity contribution in [1.82, 2.24) is 0 Å². The molecule has 1 aliphatic carbocycles. The molecule has 0 spiro atoms. The number of rotatable bonds is 2. The van der Waals surface area contributed by atoms with Gasteiger partial charge < -0.3 is 5.73 Å². The summed E-state index contributed by atoms with van der Waals surface area (Å²) in [5.41, 5.74) is 7.39. The van der Waals surface area contributed by atoms with Gasteiger partial charge in [0.2, 0.25) is 0 Å². The fourth-order valence-electron chi connectivity index (χ4n) is 2.64. The van der Waals surface area contributed by atoms with Crippen molar-refractivity contribution in [3.05, 3.63) is 34.1 Å². The van der Waals surface area contributed by atoms with Crippen LogP contribution in [0.15, 0.2) is 22.7 Å². The Bertz CT molecular complexity index is 394. The number of hydrogen-bond acceptors (Lipinski definition) is 1. The Hall–Kier alpha value is -0.410. The van der Waals surface area contributed by atoms with E-state index in [1.807, 2.05) is 6.07 Å². The number of nitrogens with two attached hydrogens (primary N) is 1. The van der Waals surface area contributed by atoms with Gasteiger partial charge in [-0.25, -0.2) is 4.39 Å². The van der Waals surface area contributed by atoms with E-state index in [2.05, 4.69) is 22.9 Å². The molecule has 3 heteroatoms. The van der Waals surface area contributed by atoms with Crippen LogP contribution in [0.1, 0.15) is 31.7 Å². The standard InChI is InChI=1S/C13H17BrFN/c1-9-4-5-13(16,7-9)8-10-2-3-11(15)6-12(10)14/h2-3,6,9H,4-5,7-8,16H2,1H3.